The van der Waals surface area contributed by atoms with E-state index in [0.29, 0.717) is 37.4 Å². The van der Waals surface area contributed by atoms with Crippen LogP contribution in [0.3, 0.4) is 0 Å². The minimum Gasteiger partial charge on any atom is -0.482 e. The van der Waals surface area contributed by atoms with Crippen LogP contribution in [0.1, 0.15) is 34.8 Å². The number of amides is 2. The number of urea groups is 1. The number of ketones is 1. The van der Waals surface area contributed by atoms with Crippen LogP contribution in [0.15, 0.2) is 48.7 Å². The zero-order valence-electron chi connectivity index (χ0n) is 17.3. The van der Waals surface area contributed by atoms with Crippen LogP contribution < -0.4 is 10.1 Å². The Morgan fingerprint density at radius 1 is 1.13 bits per heavy atom. The van der Waals surface area contributed by atoms with Gasteiger partial charge in [-0.25, -0.2) is 4.79 Å². The second-order valence-electron chi connectivity index (χ2n) is 8.40. The van der Waals surface area contributed by atoms with Gasteiger partial charge in [-0.2, -0.15) is 0 Å². The maximum atomic E-state index is 12.7. The molecular formula is C24H25N3O3. The number of hydrogen-bond donors (Lipinski definition) is 1. The van der Waals surface area contributed by atoms with Gasteiger partial charge in [-0.1, -0.05) is 19.1 Å². The molecule has 0 saturated carbocycles. The number of benzene rings is 2. The summed E-state index contributed by atoms with van der Waals surface area (Å²) in [7, 11) is 2.02. The summed E-state index contributed by atoms with van der Waals surface area (Å²) in [6.07, 6.45) is 3.23. The minimum atomic E-state index is -0.585. The van der Waals surface area contributed by atoms with Gasteiger partial charge in [-0.3, -0.25) is 4.79 Å². The van der Waals surface area contributed by atoms with Gasteiger partial charge in [-0.05, 0) is 53.3 Å². The molecule has 5 rings (SSSR count). The smallest absolute Gasteiger partial charge is 0.317 e. The van der Waals surface area contributed by atoms with E-state index in [9.17, 15) is 9.59 Å². The zero-order valence-corrected chi connectivity index (χ0v) is 17.3. The van der Waals surface area contributed by atoms with E-state index in [1.54, 1.807) is 4.90 Å². The highest BCUT2D eigenvalue weighted by Gasteiger charge is 2.51. The molecule has 6 heteroatoms. The molecule has 1 spiro atoms. The largest absolute Gasteiger partial charge is 0.482 e. The monoisotopic (exact) mass is 403 g/mol. The van der Waals surface area contributed by atoms with Crippen molar-refractivity contribution in [3.63, 3.8) is 0 Å². The van der Waals surface area contributed by atoms with Crippen LogP contribution in [0.5, 0.6) is 5.75 Å². The van der Waals surface area contributed by atoms with Crippen molar-refractivity contribution in [2.45, 2.75) is 31.9 Å². The molecule has 0 unspecified atom stereocenters. The van der Waals surface area contributed by atoms with Gasteiger partial charge in [0.1, 0.15) is 5.75 Å². The molecule has 3 aromatic rings. The van der Waals surface area contributed by atoms with Crippen molar-refractivity contribution in [2.75, 3.05) is 13.1 Å². The standard InChI is InChI=1S/C24H25N3O3/c1-3-16-5-7-22-19(11-16)21(28)12-24(30-22)14-27(15-24)23(29)25-13-17-4-6-20-18(10-17)8-9-26(20)2/h4-11H,3,12-15H2,1-2H3,(H,25,29). The lowest BCUT2D eigenvalue weighted by atomic mass is 9.83. The van der Waals surface area contributed by atoms with Crippen LogP contribution in [0.2, 0.25) is 0 Å². The van der Waals surface area contributed by atoms with Gasteiger partial charge in [0.05, 0.1) is 25.1 Å². The molecule has 2 aliphatic heterocycles. The van der Waals surface area contributed by atoms with Gasteiger partial charge < -0.3 is 19.5 Å². The highest BCUT2D eigenvalue weighted by Crippen LogP contribution is 2.39. The van der Waals surface area contributed by atoms with Crippen molar-refractivity contribution in [1.82, 2.24) is 14.8 Å². The fourth-order valence-electron chi connectivity index (χ4n) is 4.46. The van der Waals surface area contributed by atoms with Crippen molar-refractivity contribution in [1.29, 1.82) is 0 Å². The molecule has 3 heterocycles. The first kappa shape index (κ1) is 18.7. The van der Waals surface area contributed by atoms with E-state index in [1.165, 1.54) is 5.52 Å². The van der Waals surface area contributed by atoms with Gasteiger partial charge in [0.15, 0.2) is 11.4 Å². The summed E-state index contributed by atoms with van der Waals surface area (Å²) in [4.78, 5) is 26.9. The molecule has 2 aliphatic rings. The third kappa shape index (κ3) is 3.12. The highest BCUT2D eigenvalue weighted by atomic mass is 16.5. The quantitative estimate of drug-likeness (QED) is 0.726. The first-order chi connectivity index (χ1) is 14.5. The molecule has 0 atom stereocenters. The van der Waals surface area contributed by atoms with E-state index in [2.05, 4.69) is 35.0 Å². The number of hydrogen-bond acceptors (Lipinski definition) is 3. The number of Topliss-reactive ketones (excluding diaryl/α,β-unsaturated/α-hetero) is 1. The molecule has 1 aromatic heterocycles. The Kier molecular flexibility index (Phi) is 4.31. The number of nitrogens with one attached hydrogen (secondary N) is 1. The fourth-order valence-corrected chi connectivity index (χ4v) is 4.46. The van der Waals surface area contributed by atoms with Crippen LogP contribution in [-0.4, -0.2) is 40.0 Å². The van der Waals surface area contributed by atoms with E-state index in [4.69, 9.17) is 4.74 Å². The summed E-state index contributed by atoms with van der Waals surface area (Å²) in [5.41, 5.74) is 3.43. The Morgan fingerprint density at radius 2 is 1.93 bits per heavy atom. The van der Waals surface area contributed by atoms with Gasteiger partial charge in [0.2, 0.25) is 0 Å². The first-order valence-electron chi connectivity index (χ1n) is 10.4. The maximum absolute atomic E-state index is 12.7. The molecule has 0 radical (unpaired) electrons. The molecule has 6 nitrogen and oxygen atoms in total. The number of fused-ring (bicyclic) bond motifs is 2. The second-order valence-corrected chi connectivity index (χ2v) is 8.40. The highest BCUT2D eigenvalue weighted by molar-refractivity contribution is 6.01. The fraction of sp³-hybridized carbons (Fsp3) is 0.333. The maximum Gasteiger partial charge on any atom is 0.317 e. The number of aryl methyl sites for hydroxylation is 2. The van der Waals surface area contributed by atoms with Crippen LogP contribution >= 0.6 is 0 Å². The molecule has 0 bridgehead atoms. The Balaban J connectivity index is 1.20. The lowest BCUT2D eigenvalue weighted by Crippen LogP contribution is -2.69. The summed E-state index contributed by atoms with van der Waals surface area (Å²) in [5, 5.41) is 4.14. The Bertz CT molecular complexity index is 1160. The summed E-state index contributed by atoms with van der Waals surface area (Å²) in [6.45, 7) is 3.39. The van der Waals surface area contributed by atoms with Crippen molar-refractivity contribution >= 4 is 22.7 Å². The summed E-state index contributed by atoms with van der Waals surface area (Å²) in [6, 6.07) is 13.9. The number of carbonyl (C=O) groups excluding carboxylic acids is 2. The first-order valence-corrected chi connectivity index (χ1v) is 10.4. The van der Waals surface area contributed by atoms with Crippen molar-refractivity contribution in [3.05, 3.63) is 65.4 Å². The summed E-state index contributed by atoms with van der Waals surface area (Å²) >= 11 is 0. The Morgan fingerprint density at radius 3 is 2.73 bits per heavy atom. The van der Waals surface area contributed by atoms with Gasteiger partial charge >= 0.3 is 6.03 Å². The lowest BCUT2D eigenvalue weighted by molar-refractivity contribution is -0.0597. The third-order valence-electron chi connectivity index (χ3n) is 6.20. The molecule has 2 aromatic carbocycles. The minimum absolute atomic E-state index is 0.0998. The number of rotatable bonds is 3. The Labute approximate surface area is 175 Å². The number of likely N-dealkylation sites (tertiary alicyclic amines) is 1. The van der Waals surface area contributed by atoms with E-state index in [0.717, 1.165) is 22.9 Å². The molecular weight excluding hydrogens is 378 g/mol. The van der Waals surface area contributed by atoms with Gasteiger partial charge in [-0.15, -0.1) is 0 Å². The topological polar surface area (TPSA) is 63.6 Å². The number of aromatic nitrogens is 1. The molecule has 1 N–H and O–H groups in total. The lowest BCUT2D eigenvalue weighted by Gasteiger charge is -2.50. The average molecular weight is 403 g/mol. The molecule has 1 saturated heterocycles. The van der Waals surface area contributed by atoms with Crippen molar-refractivity contribution in [3.8, 4) is 5.75 Å². The SMILES string of the molecule is CCc1ccc2c(c1)C(=O)CC1(CN(C(=O)NCc3ccc4c(ccn4C)c3)C1)O2. The molecule has 30 heavy (non-hydrogen) atoms. The number of carbonyl (C=O) groups is 2. The van der Waals surface area contributed by atoms with Crippen LogP contribution in [0.4, 0.5) is 4.79 Å². The van der Waals surface area contributed by atoms with Gasteiger partial charge in [0, 0.05) is 25.3 Å². The number of nitrogens with zero attached hydrogens (tertiary/aromatic N) is 2. The van der Waals surface area contributed by atoms with E-state index >= 15 is 0 Å². The molecule has 1 fully saturated rings. The van der Waals surface area contributed by atoms with E-state index in [1.807, 2.05) is 37.5 Å². The zero-order chi connectivity index (χ0) is 20.9. The van der Waals surface area contributed by atoms with Crippen LogP contribution in [-0.2, 0) is 20.0 Å². The molecule has 2 amide bonds. The second kappa shape index (κ2) is 6.90. The van der Waals surface area contributed by atoms with E-state index < -0.39 is 5.60 Å². The van der Waals surface area contributed by atoms with Crippen LogP contribution in [0.25, 0.3) is 10.9 Å². The summed E-state index contributed by atoms with van der Waals surface area (Å²) in [5.74, 6) is 0.738. The number of ether oxygens (including phenoxy) is 1. The van der Waals surface area contributed by atoms with Gasteiger partial charge in [0.25, 0.3) is 0 Å². The predicted octanol–water partition coefficient (Wildman–Crippen LogP) is 3.67. The average Bonchev–Trinajstić information content (AvgIpc) is 3.10. The van der Waals surface area contributed by atoms with E-state index in [-0.39, 0.29) is 11.8 Å². The third-order valence-corrected chi connectivity index (χ3v) is 6.20. The van der Waals surface area contributed by atoms with Crippen molar-refractivity contribution in [2.24, 2.45) is 7.05 Å². The van der Waals surface area contributed by atoms with Crippen LogP contribution in [0, 0.1) is 0 Å². The Hall–Kier alpha value is -3.28. The predicted molar refractivity (Wildman–Crippen MR) is 115 cm³/mol. The van der Waals surface area contributed by atoms with Crippen molar-refractivity contribution < 1.29 is 14.3 Å². The molecule has 154 valence electrons. The molecule has 0 aliphatic carbocycles. The normalized spacial score (nSPS) is 16.9. The summed E-state index contributed by atoms with van der Waals surface area (Å²) < 4.78 is 8.25.